The summed E-state index contributed by atoms with van der Waals surface area (Å²) < 4.78 is 1.39. The summed E-state index contributed by atoms with van der Waals surface area (Å²) in [4.78, 5) is 29.2. The molecule has 0 atom stereocenters. The SMILES string of the molecule is CCn1cc(C(=O)NC(=S)Nc2ccccc2C)c(-c2ccccc2)nc1=O. The van der Waals surface area contributed by atoms with Crippen molar-refractivity contribution in [3.8, 4) is 11.3 Å². The van der Waals surface area contributed by atoms with Crippen molar-refractivity contribution in [3.63, 3.8) is 0 Å². The van der Waals surface area contributed by atoms with Gasteiger partial charge in [0.05, 0.1) is 11.3 Å². The van der Waals surface area contributed by atoms with Crippen LogP contribution in [-0.4, -0.2) is 20.6 Å². The lowest BCUT2D eigenvalue weighted by molar-refractivity contribution is 0.0977. The van der Waals surface area contributed by atoms with Gasteiger partial charge in [-0.05, 0) is 37.7 Å². The van der Waals surface area contributed by atoms with E-state index in [0.29, 0.717) is 17.8 Å². The number of para-hydroxylation sites is 1. The highest BCUT2D eigenvalue weighted by Gasteiger charge is 2.18. The lowest BCUT2D eigenvalue weighted by atomic mass is 10.1. The lowest BCUT2D eigenvalue weighted by Crippen LogP contribution is -2.36. The number of carbonyl (C=O) groups is 1. The van der Waals surface area contributed by atoms with E-state index in [-0.39, 0.29) is 10.7 Å². The Morgan fingerprint density at radius 3 is 2.46 bits per heavy atom. The number of nitrogens with one attached hydrogen (secondary N) is 2. The van der Waals surface area contributed by atoms with Crippen LogP contribution >= 0.6 is 12.2 Å². The molecule has 0 saturated carbocycles. The highest BCUT2D eigenvalue weighted by molar-refractivity contribution is 7.80. The number of hydrogen-bond acceptors (Lipinski definition) is 4. The number of nitrogens with zero attached hydrogens (tertiary/aromatic N) is 2. The van der Waals surface area contributed by atoms with Gasteiger partial charge in [0.1, 0.15) is 0 Å². The molecule has 0 fully saturated rings. The zero-order chi connectivity index (χ0) is 20.1. The Bertz CT molecular complexity index is 1080. The first-order chi connectivity index (χ1) is 13.5. The number of aryl methyl sites for hydroxylation is 2. The van der Waals surface area contributed by atoms with Crippen molar-refractivity contribution in [1.29, 1.82) is 0 Å². The van der Waals surface area contributed by atoms with E-state index in [1.807, 2.05) is 56.3 Å². The molecule has 1 heterocycles. The smallest absolute Gasteiger partial charge is 0.332 e. The number of rotatable bonds is 4. The number of aromatic nitrogens is 2. The summed E-state index contributed by atoms with van der Waals surface area (Å²) in [6, 6.07) is 16.8. The molecular formula is C21H20N4O2S. The van der Waals surface area contributed by atoms with Crippen LogP contribution in [0.15, 0.2) is 65.6 Å². The molecule has 3 rings (SSSR count). The Hall–Kier alpha value is -3.32. The summed E-state index contributed by atoms with van der Waals surface area (Å²) in [5, 5.41) is 5.87. The molecule has 1 amide bonds. The summed E-state index contributed by atoms with van der Waals surface area (Å²) in [7, 11) is 0. The van der Waals surface area contributed by atoms with E-state index in [1.165, 1.54) is 10.8 Å². The maximum Gasteiger partial charge on any atom is 0.348 e. The molecule has 0 bridgehead atoms. The van der Waals surface area contributed by atoms with E-state index in [0.717, 1.165) is 11.3 Å². The van der Waals surface area contributed by atoms with E-state index < -0.39 is 11.6 Å². The summed E-state index contributed by atoms with van der Waals surface area (Å²) in [5.74, 6) is -0.431. The van der Waals surface area contributed by atoms with Crippen LogP contribution in [0.1, 0.15) is 22.8 Å². The highest BCUT2D eigenvalue weighted by atomic mass is 32.1. The predicted octanol–water partition coefficient (Wildman–Crippen LogP) is 3.37. The van der Waals surface area contributed by atoms with Gasteiger partial charge >= 0.3 is 5.69 Å². The molecule has 142 valence electrons. The van der Waals surface area contributed by atoms with Gasteiger partial charge in [-0.1, -0.05) is 48.5 Å². The zero-order valence-electron chi connectivity index (χ0n) is 15.6. The third-order valence-electron chi connectivity index (χ3n) is 4.25. The van der Waals surface area contributed by atoms with Gasteiger partial charge in [-0.25, -0.2) is 4.79 Å². The van der Waals surface area contributed by atoms with E-state index in [9.17, 15) is 9.59 Å². The standard InChI is InChI=1S/C21H20N4O2S/c1-3-25-13-16(18(23-21(25)27)15-10-5-4-6-11-15)19(26)24-20(28)22-17-12-8-7-9-14(17)2/h4-13H,3H2,1-2H3,(H2,22,24,26,28). The molecule has 6 nitrogen and oxygen atoms in total. The van der Waals surface area contributed by atoms with Gasteiger partial charge < -0.3 is 5.32 Å². The third-order valence-corrected chi connectivity index (χ3v) is 4.45. The van der Waals surface area contributed by atoms with Crippen LogP contribution in [0.5, 0.6) is 0 Å². The molecule has 0 aliphatic rings. The number of amides is 1. The van der Waals surface area contributed by atoms with Gasteiger partial charge in [-0.3, -0.25) is 14.7 Å². The van der Waals surface area contributed by atoms with Crippen molar-refractivity contribution in [2.24, 2.45) is 0 Å². The van der Waals surface area contributed by atoms with Crippen molar-refractivity contribution in [1.82, 2.24) is 14.9 Å². The molecule has 1 aromatic heterocycles. The molecular weight excluding hydrogens is 372 g/mol. The Kier molecular flexibility index (Phi) is 5.96. The van der Waals surface area contributed by atoms with Gasteiger partial charge in [-0.2, -0.15) is 4.98 Å². The summed E-state index contributed by atoms with van der Waals surface area (Å²) >= 11 is 5.29. The van der Waals surface area contributed by atoms with Crippen LogP contribution in [0.3, 0.4) is 0 Å². The normalized spacial score (nSPS) is 10.4. The Labute approximate surface area is 168 Å². The predicted molar refractivity (Wildman–Crippen MR) is 114 cm³/mol. The number of carbonyl (C=O) groups excluding carboxylic acids is 1. The minimum Gasteiger partial charge on any atom is -0.332 e. The second-order valence-electron chi connectivity index (χ2n) is 6.16. The molecule has 0 radical (unpaired) electrons. The van der Waals surface area contributed by atoms with Crippen LogP contribution < -0.4 is 16.3 Å². The van der Waals surface area contributed by atoms with Crippen LogP contribution in [-0.2, 0) is 6.54 Å². The van der Waals surface area contributed by atoms with Crippen molar-refractivity contribution >= 4 is 28.9 Å². The van der Waals surface area contributed by atoms with Gasteiger partial charge in [0.25, 0.3) is 5.91 Å². The Balaban J connectivity index is 1.91. The van der Waals surface area contributed by atoms with Crippen LogP contribution in [0.25, 0.3) is 11.3 Å². The number of thiocarbonyl (C=S) groups is 1. The Morgan fingerprint density at radius 2 is 1.79 bits per heavy atom. The first-order valence-electron chi connectivity index (χ1n) is 8.84. The minimum atomic E-state index is -0.431. The molecule has 2 N–H and O–H groups in total. The second kappa shape index (κ2) is 8.58. The molecule has 7 heteroatoms. The fraction of sp³-hybridized carbons (Fsp3) is 0.143. The maximum absolute atomic E-state index is 12.9. The lowest BCUT2D eigenvalue weighted by Gasteiger charge is -2.14. The van der Waals surface area contributed by atoms with Gasteiger partial charge in [-0.15, -0.1) is 0 Å². The zero-order valence-corrected chi connectivity index (χ0v) is 16.4. The number of hydrogen-bond donors (Lipinski definition) is 2. The summed E-state index contributed by atoms with van der Waals surface area (Å²) in [6.07, 6.45) is 1.52. The van der Waals surface area contributed by atoms with Crippen LogP contribution in [0, 0.1) is 6.92 Å². The maximum atomic E-state index is 12.9. The third kappa shape index (κ3) is 4.32. The van der Waals surface area contributed by atoms with Gasteiger partial charge in [0.15, 0.2) is 5.11 Å². The fourth-order valence-corrected chi connectivity index (χ4v) is 2.94. The van der Waals surface area contributed by atoms with E-state index in [1.54, 1.807) is 12.1 Å². The van der Waals surface area contributed by atoms with E-state index >= 15 is 0 Å². The van der Waals surface area contributed by atoms with Gasteiger partial charge in [0.2, 0.25) is 0 Å². The monoisotopic (exact) mass is 392 g/mol. The molecule has 28 heavy (non-hydrogen) atoms. The van der Waals surface area contributed by atoms with Crippen molar-refractivity contribution in [3.05, 3.63) is 82.4 Å². The van der Waals surface area contributed by atoms with Crippen LogP contribution in [0.2, 0.25) is 0 Å². The van der Waals surface area contributed by atoms with Crippen molar-refractivity contribution in [2.45, 2.75) is 20.4 Å². The summed E-state index contributed by atoms with van der Waals surface area (Å²) in [5.41, 5.74) is 2.70. The van der Waals surface area contributed by atoms with Crippen LogP contribution in [0.4, 0.5) is 5.69 Å². The topological polar surface area (TPSA) is 76.0 Å². The number of benzene rings is 2. The summed E-state index contributed by atoms with van der Waals surface area (Å²) in [6.45, 7) is 4.17. The van der Waals surface area contributed by atoms with E-state index in [4.69, 9.17) is 12.2 Å². The molecule has 3 aromatic rings. The quantitative estimate of drug-likeness (QED) is 0.666. The minimum absolute atomic E-state index is 0.174. The van der Waals surface area contributed by atoms with E-state index in [2.05, 4.69) is 15.6 Å². The fourth-order valence-electron chi connectivity index (χ4n) is 2.74. The van der Waals surface area contributed by atoms with Crippen molar-refractivity contribution < 1.29 is 4.79 Å². The Morgan fingerprint density at radius 1 is 1.11 bits per heavy atom. The molecule has 2 aromatic carbocycles. The molecule has 0 unspecified atom stereocenters. The highest BCUT2D eigenvalue weighted by Crippen LogP contribution is 2.20. The second-order valence-corrected chi connectivity index (χ2v) is 6.57. The average molecular weight is 392 g/mol. The largest absolute Gasteiger partial charge is 0.348 e. The molecule has 0 aliphatic carbocycles. The first kappa shape index (κ1) is 19.4. The average Bonchev–Trinajstić information content (AvgIpc) is 2.70. The first-order valence-corrected chi connectivity index (χ1v) is 9.25. The molecule has 0 spiro atoms. The molecule has 0 saturated heterocycles. The number of anilines is 1. The molecule has 0 aliphatic heterocycles. The van der Waals surface area contributed by atoms with Gasteiger partial charge in [0, 0.05) is 24.0 Å². The van der Waals surface area contributed by atoms with Crippen molar-refractivity contribution in [2.75, 3.05) is 5.32 Å².